The lowest BCUT2D eigenvalue weighted by Gasteiger charge is -2.19. The minimum atomic E-state index is -0.0551. The van der Waals surface area contributed by atoms with E-state index in [4.69, 9.17) is 4.74 Å². The highest BCUT2D eigenvalue weighted by Crippen LogP contribution is 2.27. The quantitative estimate of drug-likeness (QED) is 0.851. The molecule has 0 aromatic carbocycles. The van der Waals surface area contributed by atoms with Gasteiger partial charge in [-0.3, -0.25) is 9.67 Å². The molecule has 0 spiro atoms. The zero-order valence-corrected chi connectivity index (χ0v) is 10.8. The molecule has 2 aromatic rings. The molecule has 0 fully saturated rings. The second kappa shape index (κ2) is 5.59. The Morgan fingerprint density at radius 2 is 2.33 bits per heavy atom. The first-order chi connectivity index (χ1) is 8.77. The van der Waals surface area contributed by atoms with Crippen molar-refractivity contribution in [2.24, 2.45) is 7.05 Å². The lowest BCUT2D eigenvalue weighted by Crippen LogP contribution is -2.25. The summed E-state index contributed by atoms with van der Waals surface area (Å²) in [6, 6.07) is 1.88. The van der Waals surface area contributed by atoms with Crippen LogP contribution in [0.15, 0.2) is 24.8 Å². The number of methoxy groups -OCH3 is 1. The maximum absolute atomic E-state index is 5.35. The zero-order valence-electron chi connectivity index (χ0n) is 10.8. The van der Waals surface area contributed by atoms with E-state index >= 15 is 0 Å². The van der Waals surface area contributed by atoms with Crippen LogP contribution >= 0.6 is 0 Å². The van der Waals surface area contributed by atoms with Gasteiger partial charge in [-0.05, 0) is 12.6 Å². The van der Waals surface area contributed by atoms with Crippen LogP contribution in [0.2, 0.25) is 0 Å². The van der Waals surface area contributed by atoms with Crippen LogP contribution in [0, 0.1) is 0 Å². The van der Waals surface area contributed by atoms with Crippen LogP contribution in [0.4, 0.5) is 0 Å². The van der Waals surface area contributed by atoms with Crippen molar-refractivity contribution >= 4 is 0 Å². The Kier molecular flexibility index (Phi) is 3.88. The number of pyridine rings is 1. The van der Waals surface area contributed by atoms with Crippen LogP contribution < -0.4 is 10.1 Å². The third-order valence-electron chi connectivity index (χ3n) is 2.76. The Hall–Kier alpha value is -1.95. The summed E-state index contributed by atoms with van der Waals surface area (Å²) in [5, 5.41) is 7.50. The fraction of sp³-hybridized carbons (Fsp3) is 0.417. The number of hydrogen-bond acceptors (Lipinski definition) is 5. The summed E-state index contributed by atoms with van der Waals surface area (Å²) in [5.41, 5.74) is 1.01. The van der Waals surface area contributed by atoms with Crippen molar-refractivity contribution in [3.8, 4) is 5.75 Å². The molecule has 0 saturated heterocycles. The Morgan fingerprint density at radius 3 is 2.94 bits per heavy atom. The molecule has 2 rings (SSSR count). The molecule has 0 aliphatic carbocycles. The van der Waals surface area contributed by atoms with Crippen LogP contribution in [0.3, 0.4) is 0 Å². The van der Waals surface area contributed by atoms with Gasteiger partial charge in [-0.15, -0.1) is 0 Å². The van der Waals surface area contributed by atoms with Crippen LogP contribution in [0.5, 0.6) is 5.75 Å². The molecule has 2 aromatic heterocycles. The number of hydrogen-bond donors (Lipinski definition) is 1. The van der Waals surface area contributed by atoms with Gasteiger partial charge in [0.25, 0.3) is 0 Å². The highest BCUT2D eigenvalue weighted by Gasteiger charge is 2.21. The van der Waals surface area contributed by atoms with Gasteiger partial charge in [-0.25, -0.2) is 4.98 Å². The molecule has 6 nitrogen and oxygen atoms in total. The average Bonchev–Trinajstić information content (AvgIpc) is 2.82. The second-order valence-corrected chi connectivity index (χ2v) is 3.85. The first kappa shape index (κ1) is 12.5. The van der Waals surface area contributed by atoms with E-state index in [0.717, 1.165) is 23.7 Å². The topological polar surface area (TPSA) is 64.9 Å². The van der Waals surface area contributed by atoms with E-state index in [2.05, 4.69) is 27.3 Å². The Labute approximate surface area is 106 Å². The van der Waals surface area contributed by atoms with Crippen molar-refractivity contribution in [2.75, 3.05) is 13.7 Å². The average molecular weight is 247 g/mol. The van der Waals surface area contributed by atoms with Crippen molar-refractivity contribution in [3.05, 3.63) is 36.2 Å². The van der Waals surface area contributed by atoms with Gasteiger partial charge in [0.15, 0.2) is 0 Å². The van der Waals surface area contributed by atoms with E-state index < -0.39 is 0 Å². The van der Waals surface area contributed by atoms with E-state index in [1.54, 1.807) is 30.5 Å². The summed E-state index contributed by atoms with van der Waals surface area (Å²) in [4.78, 5) is 8.37. The third kappa shape index (κ3) is 2.33. The molecule has 1 N–H and O–H groups in total. The summed E-state index contributed by atoms with van der Waals surface area (Å²) in [6.45, 7) is 2.88. The first-order valence-corrected chi connectivity index (χ1v) is 5.83. The van der Waals surface area contributed by atoms with E-state index in [0.29, 0.717) is 0 Å². The first-order valence-electron chi connectivity index (χ1n) is 5.83. The summed E-state index contributed by atoms with van der Waals surface area (Å²) in [6.07, 6.45) is 5.00. The minimum Gasteiger partial charge on any atom is -0.495 e. The zero-order chi connectivity index (χ0) is 13.0. The Morgan fingerprint density at radius 1 is 1.50 bits per heavy atom. The van der Waals surface area contributed by atoms with E-state index in [1.165, 1.54) is 0 Å². The summed E-state index contributed by atoms with van der Waals surface area (Å²) in [7, 11) is 3.51. The molecule has 0 radical (unpaired) electrons. The van der Waals surface area contributed by atoms with Gasteiger partial charge >= 0.3 is 0 Å². The molecule has 96 valence electrons. The number of nitrogens with zero attached hydrogens (tertiary/aromatic N) is 4. The number of aromatic nitrogens is 4. The third-order valence-corrected chi connectivity index (χ3v) is 2.76. The molecular formula is C12H17N5O. The van der Waals surface area contributed by atoms with Gasteiger partial charge < -0.3 is 10.1 Å². The molecule has 0 aliphatic heterocycles. The van der Waals surface area contributed by atoms with Crippen molar-refractivity contribution in [3.63, 3.8) is 0 Å². The standard InChI is InChI=1S/C12H17N5O/c1-4-14-11(12-15-8-16-17(12)2)9-5-6-13-7-10(9)18-3/h5-8,11,14H,4H2,1-3H3. The summed E-state index contributed by atoms with van der Waals surface area (Å²) < 4.78 is 7.11. The molecule has 1 atom stereocenters. The largest absolute Gasteiger partial charge is 0.495 e. The van der Waals surface area contributed by atoms with Crippen molar-refractivity contribution < 1.29 is 4.74 Å². The molecule has 0 bridgehead atoms. The van der Waals surface area contributed by atoms with Crippen molar-refractivity contribution in [2.45, 2.75) is 13.0 Å². The fourth-order valence-electron chi connectivity index (χ4n) is 1.91. The molecule has 1 unspecified atom stereocenters. The second-order valence-electron chi connectivity index (χ2n) is 3.85. The summed E-state index contributed by atoms with van der Waals surface area (Å²) >= 11 is 0. The molecule has 0 amide bonds. The molecule has 18 heavy (non-hydrogen) atoms. The smallest absolute Gasteiger partial charge is 0.148 e. The lowest BCUT2D eigenvalue weighted by molar-refractivity contribution is 0.400. The number of ether oxygens (including phenoxy) is 1. The molecule has 6 heteroatoms. The fourth-order valence-corrected chi connectivity index (χ4v) is 1.91. The van der Waals surface area contributed by atoms with Crippen LogP contribution in [0.25, 0.3) is 0 Å². The number of nitrogens with one attached hydrogen (secondary N) is 1. The van der Waals surface area contributed by atoms with Crippen LogP contribution in [0.1, 0.15) is 24.4 Å². The van der Waals surface area contributed by atoms with Gasteiger partial charge in [-0.2, -0.15) is 5.10 Å². The highest BCUT2D eigenvalue weighted by atomic mass is 16.5. The van der Waals surface area contributed by atoms with E-state index in [1.807, 2.05) is 13.1 Å². The van der Waals surface area contributed by atoms with Gasteiger partial charge in [-0.1, -0.05) is 6.92 Å². The Bertz CT molecular complexity index is 511. The maximum Gasteiger partial charge on any atom is 0.148 e. The number of aryl methyl sites for hydroxylation is 1. The maximum atomic E-state index is 5.35. The molecule has 0 saturated carbocycles. The summed E-state index contributed by atoms with van der Waals surface area (Å²) in [5.74, 6) is 1.59. The monoisotopic (exact) mass is 247 g/mol. The molecule has 2 heterocycles. The van der Waals surface area contributed by atoms with Gasteiger partial charge in [0.2, 0.25) is 0 Å². The number of rotatable bonds is 5. The van der Waals surface area contributed by atoms with Gasteiger partial charge in [0, 0.05) is 18.8 Å². The van der Waals surface area contributed by atoms with E-state index in [9.17, 15) is 0 Å². The normalized spacial score (nSPS) is 12.4. The van der Waals surface area contributed by atoms with Crippen LogP contribution in [-0.2, 0) is 7.05 Å². The molecule has 0 aliphatic rings. The van der Waals surface area contributed by atoms with Crippen molar-refractivity contribution in [1.29, 1.82) is 0 Å². The van der Waals surface area contributed by atoms with Crippen molar-refractivity contribution in [1.82, 2.24) is 25.1 Å². The van der Waals surface area contributed by atoms with E-state index in [-0.39, 0.29) is 6.04 Å². The predicted molar refractivity (Wildman–Crippen MR) is 67.3 cm³/mol. The SMILES string of the molecule is CCNC(c1ccncc1OC)c1ncnn1C. The highest BCUT2D eigenvalue weighted by molar-refractivity contribution is 5.36. The molecular weight excluding hydrogens is 230 g/mol. The minimum absolute atomic E-state index is 0.0551. The Balaban J connectivity index is 2.45. The van der Waals surface area contributed by atoms with Gasteiger partial charge in [0.1, 0.15) is 17.9 Å². The van der Waals surface area contributed by atoms with Gasteiger partial charge in [0.05, 0.1) is 19.3 Å². The van der Waals surface area contributed by atoms with Crippen LogP contribution in [-0.4, -0.2) is 33.4 Å². The predicted octanol–water partition coefficient (Wildman–Crippen LogP) is 0.918. The lowest BCUT2D eigenvalue weighted by atomic mass is 10.1.